The third kappa shape index (κ3) is 3.82. The molecule has 0 fully saturated rings. The van der Waals surface area contributed by atoms with Crippen molar-refractivity contribution in [2.24, 2.45) is 0 Å². The van der Waals surface area contributed by atoms with Gasteiger partial charge >= 0.3 is 18.4 Å². The first-order chi connectivity index (χ1) is 10.3. The zero-order chi connectivity index (χ0) is 18.1. The van der Waals surface area contributed by atoms with E-state index in [4.69, 9.17) is 0 Å². The summed E-state index contributed by atoms with van der Waals surface area (Å²) in [5, 5.41) is 2.41. The van der Waals surface area contributed by atoms with Crippen molar-refractivity contribution >= 4 is 11.7 Å². The molecule has 0 saturated heterocycles. The Labute approximate surface area is 124 Å². The predicted molar refractivity (Wildman–Crippen MR) is 63.6 cm³/mol. The molecule has 2 N–H and O–H groups in total. The Morgan fingerprint density at radius 2 is 1.52 bits per heavy atom. The number of anilines is 1. The summed E-state index contributed by atoms with van der Waals surface area (Å²) in [4.78, 5) is 11.4. The molecule has 0 atom stereocenters. The summed E-state index contributed by atoms with van der Waals surface area (Å²) >= 11 is 0. The Kier molecular flexibility index (Phi) is 5.12. The van der Waals surface area contributed by atoms with Crippen LogP contribution in [0.5, 0.6) is 0 Å². The Hall–Kier alpha value is -2.07. The van der Waals surface area contributed by atoms with E-state index in [-0.39, 0.29) is 0 Å². The zero-order valence-electron chi connectivity index (χ0n) is 11.4. The number of amides is 2. The summed E-state index contributed by atoms with van der Waals surface area (Å²) in [6, 6.07) is -0.144. The highest BCUT2D eigenvalue weighted by atomic mass is 19.4. The molecule has 130 valence electrons. The Bertz CT molecular complexity index is 567. The average molecular weight is 350 g/mol. The van der Waals surface area contributed by atoms with Crippen LogP contribution in [0.3, 0.4) is 0 Å². The van der Waals surface area contributed by atoms with E-state index in [1.807, 2.05) is 0 Å². The largest absolute Gasteiger partial charge is 0.420 e. The van der Waals surface area contributed by atoms with Crippen LogP contribution in [0.2, 0.25) is 0 Å². The topological polar surface area (TPSA) is 41.1 Å². The van der Waals surface area contributed by atoms with E-state index >= 15 is 0 Å². The number of hydrogen-bond donors (Lipinski definition) is 2. The fraction of sp³-hybridized carbons (Fsp3) is 0.417. The van der Waals surface area contributed by atoms with Gasteiger partial charge in [-0.05, 0) is 18.6 Å². The second kappa shape index (κ2) is 6.20. The first-order valence-electron chi connectivity index (χ1n) is 6.01. The summed E-state index contributed by atoms with van der Waals surface area (Å²) < 4.78 is 102. The number of alkyl halides is 6. The van der Waals surface area contributed by atoms with Gasteiger partial charge in [0.1, 0.15) is 0 Å². The smallest absolute Gasteiger partial charge is 0.316 e. The fourth-order valence-electron chi connectivity index (χ4n) is 1.72. The van der Waals surface area contributed by atoms with E-state index < -0.39 is 47.7 Å². The normalized spacial score (nSPS) is 12.9. The molecule has 0 saturated carbocycles. The number of halogens is 8. The Balaban J connectivity index is 3.05. The van der Waals surface area contributed by atoms with E-state index in [2.05, 4.69) is 0 Å². The van der Waals surface area contributed by atoms with Crippen molar-refractivity contribution in [3.8, 4) is 0 Å². The molecule has 0 radical (unpaired) electrons. The molecule has 0 aromatic heterocycles. The van der Waals surface area contributed by atoms with Crippen molar-refractivity contribution in [1.82, 2.24) is 5.32 Å². The molecule has 3 nitrogen and oxygen atoms in total. The highest BCUT2D eigenvalue weighted by Gasteiger charge is 2.70. The van der Waals surface area contributed by atoms with Gasteiger partial charge in [0, 0.05) is 11.8 Å². The van der Waals surface area contributed by atoms with Gasteiger partial charge in [-0.3, -0.25) is 0 Å². The number of urea groups is 1. The first kappa shape index (κ1) is 19.0. The first-order valence-corrected chi connectivity index (χ1v) is 6.01. The molecule has 0 aliphatic rings. The van der Waals surface area contributed by atoms with Crippen LogP contribution in [0.15, 0.2) is 18.2 Å². The lowest BCUT2D eigenvalue weighted by Gasteiger charge is -2.37. The lowest BCUT2D eigenvalue weighted by atomic mass is 9.94. The van der Waals surface area contributed by atoms with Crippen LogP contribution >= 0.6 is 0 Å². The minimum absolute atomic E-state index is 0.406. The molecule has 0 unspecified atom stereocenters. The lowest BCUT2D eigenvalue weighted by Crippen LogP contribution is -2.67. The monoisotopic (exact) mass is 350 g/mol. The summed E-state index contributed by atoms with van der Waals surface area (Å²) in [5.74, 6) is -2.74. The quantitative estimate of drug-likeness (QED) is 0.782. The highest BCUT2D eigenvalue weighted by molar-refractivity contribution is 5.89. The standard InChI is InChI=1S/C12H10F8N2O/c1-2-10(11(15,16)17,12(18,19)20)22-9(23)21-6-3-4-7(13)8(14)5-6/h3-5H,2H2,1H3,(H2,21,22,23). The minimum Gasteiger partial charge on any atom is -0.316 e. The van der Waals surface area contributed by atoms with Crippen LogP contribution in [0, 0.1) is 11.6 Å². The number of carbonyl (C=O) groups excluding carboxylic acids is 1. The number of benzene rings is 1. The highest BCUT2D eigenvalue weighted by Crippen LogP contribution is 2.45. The molecule has 0 bridgehead atoms. The maximum absolute atomic E-state index is 12.9. The zero-order valence-corrected chi connectivity index (χ0v) is 11.4. The van der Waals surface area contributed by atoms with Gasteiger partial charge in [-0.1, -0.05) is 6.92 Å². The molecule has 2 amide bonds. The van der Waals surface area contributed by atoms with Crippen molar-refractivity contribution in [3.63, 3.8) is 0 Å². The van der Waals surface area contributed by atoms with E-state index in [1.54, 1.807) is 5.32 Å². The van der Waals surface area contributed by atoms with E-state index in [0.717, 1.165) is 11.4 Å². The van der Waals surface area contributed by atoms with Crippen molar-refractivity contribution in [2.75, 3.05) is 5.32 Å². The predicted octanol–water partition coefficient (Wildman–Crippen LogP) is 4.36. The SMILES string of the molecule is CCC(NC(=O)Nc1ccc(F)c(F)c1)(C(F)(F)F)C(F)(F)F. The van der Waals surface area contributed by atoms with Crippen molar-refractivity contribution < 1.29 is 39.9 Å². The van der Waals surface area contributed by atoms with Crippen molar-refractivity contribution in [1.29, 1.82) is 0 Å². The van der Waals surface area contributed by atoms with Gasteiger partial charge in [0.25, 0.3) is 0 Å². The van der Waals surface area contributed by atoms with Gasteiger partial charge in [0.15, 0.2) is 11.6 Å². The van der Waals surface area contributed by atoms with Crippen molar-refractivity contribution in [2.45, 2.75) is 31.2 Å². The van der Waals surface area contributed by atoms with E-state index in [0.29, 0.717) is 19.1 Å². The molecule has 11 heteroatoms. The maximum Gasteiger partial charge on any atom is 0.420 e. The molecule has 0 spiro atoms. The molecular weight excluding hydrogens is 340 g/mol. The maximum atomic E-state index is 12.9. The van der Waals surface area contributed by atoms with Gasteiger partial charge in [0.05, 0.1) is 0 Å². The van der Waals surface area contributed by atoms with Crippen molar-refractivity contribution in [3.05, 3.63) is 29.8 Å². The van der Waals surface area contributed by atoms with Gasteiger partial charge < -0.3 is 10.6 Å². The Morgan fingerprint density at radius 3 is 1.91 bits per heavy atom. The van der Waals surface area contributed by atoms with E-state index in [1.165, 1.54) is 0 Å². The molecule has 0 aliphatic heterocycles. The summed E-state index contributed by atoms with van der Waals surface area (Å²) in [5.41, 5.74) is -4.99. The lowest BCUT2D eigenvalue weighted by molar-refractivity contribution is -0.304. The number of rotatable bonds is 3. The van der Waals surface area contributed by atoms with Crippen LogP contribution in [-0.2, 0) is 0 Å². The van der Waals surface area contributed by atoms with Crippen LogP contribution in [0.4, 0.5) is 45.6 Å². The third-order valence-electron chi connectivity index (χ3n) is 3.00. The van der Waals surface area contributed by atoms with Gasteiger partial charge in [-0.25, -0.2) is 13.6 Å². The average Bonchev–Trinajstić information content (AvgIpc) is 2.37. The molecular formula is C12H10F8N2O. The summed E-state index contributed by atoms with van der Waals surface area (Å²) in [6.07, 6.45) is -13.1. The van der Waals surface area contributed by atoms with Crippen LogP contribution in [0.1, 0.15) is 13.3 Å². The summed E-state index contributed by atoms with van der Waals surface area (Å²) in [6.45, 7) is 0.596. The molecule has 1 aromatic carbocycles. The molecule has 0 heterocycles. The molecule has 1 aromatic rings. The van der Waals surface area contributed by atoms with Gasteiger partial charge in [-0.2, -0.15) is 26.3 Å². The second-order valence-corrected chi connectivity index (χ2v) is 4.46. The summed E-state index contributed by atoms with van der Waals surface area (Å²) in [7, 11) is 0. The van der Waals surface area contributed by atoms with Gasteiger partial charge in [-0.15, -0.1) is 0 Å². The van der Waals surface area contributed by atoms with Crippen LogP contribution < -0.4 is 10.6 Å². The fourth-order valence-corrected chi connectivity index (χ4v) is 1.72. The molecule has 0 aliphatic carbocycles. The third-order valence-corrected chi connectivity index (χ3v) is 3.00. The number of carbonyl (C=O) groups is 1. The van der Waals surface area contributed by atoms with E-state index in [9.17, 15) is 39.9 Å². The molecule has 23 heavy (non-hydrogen) atoms. The molecule has 1 rings (SSSR count). The van der Waals surface area contributed by atoms with Gasteiger partial charge in [0.2, 0.25) is 5.54 Å². The Morgan fingerprint density at radius 1 is 1.00 bits per heavy atom. The second-order valence-electron chi connectivity index (χ2n) is 4.46. The van der Waals surface area contributed by atoms with Crippen LogP contribution in [0.25, 0.3) is 0 Å². The van der Waals surface area contributed by atoms with Crippen LogP contribution in [-0.4, -0.2) is 23.9 Å². The number of hydrogen-bond acceptors (Lipinski definition) is 1. The minimum atomic E-state index is -5.81. The number of nitrogens with one attached hydrogen (secondary N) is 2.